The first-order valence-electron chi connectivity index (χ1n) is 10.9. The van der Waals surface area contributed by atoms with Crippen molar-refractivity contribution in [3.05, 3.63) is 69.7 Å². The second-order valence-electron chi connectivity index (χ2n) is 8.67. The molecule has 0 aromatic heterocycles. The molecule has 2 aliphatic carbocycles. The number of rotatable bonds is 4. The molecular formula is C25H21BrN2O5. The number of nitrogens with one attached hydrogen (secondary N) is 1. The van der Waals surface area contributed by atoms with E-state index in [1.54, 1.807) is 48.5 Å². The molecule has 2 aromatic rings. The number of imide groups is 2. The molecule has 1 saturated heterocycles. The van der Waals surface area contributed by atoms with E-state index in [4.69, 9.17) is 4.74 Å². The van der Waals surface area contributed by atoms with Gasteiger partial charge in [0, 0.05) is 16.1 Å². The fourth-order valence-corrected chi connectivity index (χ4v) is 5.49. The minimum atomic E-state index is -0.760. The number of amides is 4. The summed E-state index contributed by atoms with van der Waals surface area (Å²) in [5.41, 5.74) is 0.584. The van der Waals surface area contributed by atoms with Gasteiger partial charge in [0.05, 0.1) is 5.56 Å². The Morgan fingerprint density at radius 2 is 1.85 bits per heavy atom. The van der Waals surface area contributed by atoms with Crippen LogP contribution in [0.25, 0.3) is 6.08 Å². The van der Waals surface area contributed by atoms with Crippen LogP contribution in [0.2, 0.25) is 0 Å². The van der Waals surface area contributed by atoms with Crippen LogP contribution in [0.3, 0.4) is 0 Å². The monoisotopic (exact) mass is 508 g/mol. The van der Waals surface area contributed by atoms with E-state index in [-0.39, 0.29) is 23.3 Å². The van der Waals surface area contributed by atoms with Crippen LogP contribution in [0.4, 0.5) is 4.79 Å². The second-order valence-corrected chi connectivity index (χ2v) is 9.59. The third kappa shape index (κ3) is 4.11. The van der Waals surface area contributed by atoms with Crippen molar-refractivity contribution in [3.63, 3.8) is 0 Å². The lowest BCUT2D eigenvalue weighted by atomic mass is 9.93. The van der Waals surface area contributed by atoms with Crippen LogP contribution < -0.4 is 10.1 Å². The number of benzene rings is 2. The minimum absolute atomic E-state index is 0.160. The number of carbonyl (C=O) groups is 4. The molecular weight excluding hydrogens is 488 g/mol. The molecule has 3 fully saturated rings. The number of hydrogen-bond acceptors (Lipinski definition) is 5. The van der Waals surface area contributed by atoms with Crippen LogP contribution in [0.5, 0.6) is 5.75 Å². The highest BCUT2D eigenvalue weighted by Crippen LogP contribution is 2.47. The van der Waals surface area contributed by atoms with E-state index in [2.05, 4.69) is 21.2 Å². The van der Waals surface area contributed by atoms with Gasteiger partial charge in [-0.05, 0) is 67.5 Å². The van der Waals surface area contributed by atoms with Crippen LogP contribution in [0.15, 0.2) is 58.6 Å². The molecule has 0 unspecified atom stereocenters. The van der Waals surface area contributed by atoms with E-state index >= 15 is 0 Å². The molecule has 3 aliphatic rings. The van der Waals surface area contributed by atoms with E-state index in [0.29, 0.717) is 21.5 Å². The van der Waals surface area contributed by atoms with Crippen molar-refractivity contribution in [1.29, 1.82) is 0 Å². The predicted octanol–water partition coefficient (Wildman–Crippen LogP) is 4.32. The summed E-state index contributed by atoms with van der Waals surface area (Å²) in [4.78, 5) is 52.3. The van der Waals surface area contributed by atoms with Crippen molar-refractivity contribution in [2.45, 2.75) is 31.7 Å². The van der Waals surface area contributed by atoms with Gasteiger partial charge in [0.1, 0.15) is 11.3 Å². The van der Waals surface area contributed by atoms with Crippen molar-refractivity contribution in [3.8, 4) is 5.75 Å². The second kappa shape index (κ2) is 8.59. The topological polar surface area (TPSA) is 92.8 Å². The molecule has 5 rings (SSSR count). The molecule has 1 N–H and O–H groups in total. The number of hydrogen-bond donors (Lipinski definition) is 1. The zero-order chi connectivity index (χ0) is 23.1. The Kier molecular flexibility index (Phi) is 5.62. The third-order valence-electron chi connectivity index (χ3n) is 6.65. The molecule has 33 heavy (non-hydrogen) atoms. The summed E-state index contributed by atoms with van der Waals surface area (Å²) in [6.45, 7) is 0. The highest BCUT2D eigenvalue weighted by molar-refractivity contribution is 9.10. The van der Waals surface area contributed by atoms with Gasteiger partial charge in [0.15, 0.2) is 0 Å². The maximum Gasteiger partial charge on any atom is 0.343 e. The van der Waals surface area contributed by atoms with Gasteiger partial charge in [-0.25, -0.2) is 9.59 Å². The lowest BCUT2D eigenvalue weighted by Gasteiger charge is -2.35. The average molecular weight is 509 g/mol. The first kappa shape index (κ1) is 21.6. The van der Waals surface area contributed by atoms with E-state index in [1.165, 1.54) is 11.0 Å². The van der Waals surface area contributed by atoms with Gasteiger partial charge in [0.25, 0.3) is 11.8 Å². The van der Waals surface area contributed by atoms with Crippen molar-refractivity contribution in [2.24, 2.45) is 11.8 Å². The summed E-state index contributed by atoms with van der Waals surface area (Å²) in [6.07, 6.45) is 5.29. The fourth-order valence-electron chi connectivity index (χ4n) is 5.11. The van der Waals surface area contributed by atoms with Gasteiger partial charge in [-0.2, -0.15) is 0 Å². The molecule has 168 valence electrons. The fraction of sp³-hybridized carbons (Fsp3) is 0.280. The average Bonchev–Trinajstić information content (AvgIpc) is 3.42. The molecule has 2 saturated carbocycles. The maximum atomic E-state index is 13.3. The summed E-state index contributed by atoms with van der Waals surface area (Å²) >= 11 is 3.38. The van der Waals surface area contributed by atoms with Crippen LogP contribution in [-0.4, -0.2) is 34.8 Å². The first-order chi connectivity index (χ1) is 15.9. The van der Waals surface area contributed by atoms with Gasteiger partial charge in [-0.1, -0.05) is 40.5 Å². The van der Waals surface area contributed by atoms with E-state index < -0.39 is 23.8 Å². The van der Waals surface area contributed by atoms with Gasteiger partial charge >= 0.3 is 12.0 Å². The van der Waals surface area contributed by atoms with E-state index in [0.717, 1.165) is 25.7 Å². The molecule has 3 atom stereocenters. The number of barbiturate groups is 1. The molecule has 1 heterocycles. The van der Waals surface area contributed by atoms with Gasteiger partial charge in [0.2, 0.25) is 0 Å². The molecule has 2 bridgehead atoms. The zero-order valence-electron chi connectivity index (χ0n) is 17.6. The Bertz CT molecular complexity index is 1190. The Morgan fingerprint density at radius 1 is 1.06 bits per heavy atom. The number of carbonyl (C=O) groups excluding carboxylic acids is 4. The first-order valence-corrected chi connectivity index (χ1v) is 11.7. The minimum Gasteiger partial charge on any atom is -0.422 e. The Hall–Kier alpha value is -3.26. The van der Waals surface area contributed by atoms with E-state index in [9.17, 15) is 19.2 Å². The largest absolute Gasteiger partial charge is 0.422 e. The molecule has 0 spiro atoms. The number of ether oxygens (including phenoxy) is 1. The predicted molar refractivity (Wildman–Crippen MR) is 123 cm³/mol. The van der Waals surface area contributed by atoms with Crippen LogP contribution in [-0.2, 0) is 9.59 Å². The van der Waals surface area contributed by atoms with Crippen LogP contribution in [0, 0.1) is 11.8 Å². The number of esters is 1. The zero-order valence-corrected chi connectivity index (χ0v) is 19.2. The van der Waals surface area contributed by atoms with Gasteiger partial charge in [-0.15, -0.1) is 0 Å². The van der Waals surface area contributed by atoms with Gasteiger partial charge in [-0.3, -0.25) is 19.8 Å². The summed E-state index contributed by atoms with van der Waals surface area (Å²) < 4.78 is 6.24. The quantitative estimate of drug-likeness (QED) is 0.287. The Balaban J connectivity index is 1.47. The Labute approximate surface area is 198 Å². The lowest BCUT2D eigenvalue weighted by molar-refractivity contribution is -0.132. The molecule has 7 nitrogen and oxygen atoms in total. The number of halogens is 1. The maximum absolute atomic E-state index is 13.3. The summed E-state index contributed by atoms with van der Waals surface area (Å²) in [5, 5.41) is 2.31. The molecule has 8 heteroatoms. The van der Waals surface area contributed by atoms with Gasteiger partial charge < -0.3 is 4.74 Å². The van der Waals surface area contributed by atoms with Crippen molar-refractivity contribution in [1.82, 2.24) is 10.2 Å². The highest BCUT2D eigenvalue weighted by Gasteiger charge is 2.49. The number of urea groups is 1. The SMILES string of the molecule is O=C1NC(=O)N([C@H]2C[C@H]3CC[C@H]2C3)C(=O)/C1=C\c1cc(Br)ccc1OC(=O)c1ccccc1. The van der Waals surface area contributed by atoms with Crippen molar-refractivity contribution >= 4 is 45.8 Å². The van der Waals surface area contributed by atoms with Crippen molar-refractivity contribution < 1.29 is 23.9 Å². The third-order valence-corrected chi connectivity index (χ3v) is 7.14. The molecule has 1 aliphatic heterocycles. The summed E-state index contributed by atoms with van der Waals surface area (Å²) in [6, 6.07) is 12.6. The standard InChI is InChI=1S/C25H21BrN2O5/c26-18-8-9-21(33-24(31)15-4-2-1-3-5-15)17(12-18)13-19-22(29)27-25(32)28(23(19)30)20-11-14-6-7-16(20)10-14/h1-5,8-9,12-14,16,20H,6-7,10-11H2,(H,27,29,32)/b19-13-/t14-,16-,20-/m0/s1. The smallest absolute Gasteiger partial charge is 0.343 e. The Morgan fingerprint density at radius 3 is 2.55 bits per heavy atom. The highest BCUT2D eigenvalue weighted by atomic mass is 79.9. The van der Waals surface area contributed by atoms with E-state index in [1.807, 2.05) is 0 Å². The lowest BCUT2D eigenvalue weighted by Crippen LogP contribution is -2.58. The van der Waals surface area contributed by atoms with Crippen LogP contribution in [0.1, 0.15) is 41.6 Å². The number of nitrogens with zero attached hydrogens (tertiary/aromatic N) is 1. The van der Waals surface area contributed by atoms with Crippen LogP contribution >= 0.6 is 15.9 Å². The van der Waals surface area contributed by atoms with Crippen molar-refractivity contribution in [2.75, 3.05) is 0 Å². The molecule has 4 amide bonds. The summed E-state index contributed by atoms with van der Waals surface area (Å²) in [5.74, 6) is -0.919. The molecule has 2 aromatic carbocycles. The molecule has 0 radical (unpaired) electrons. The number of fused-ring (bicyclic) bond motifs is 2. The normalized spacial score (nSPS) is 25.5. The summed E-state index contributed by atoms with van der Waals surface area (Å²) in [7, 11) is 0.